The van der Waals surface area contributed by atoms with E-state index in [-0.39, 0.29) is 18.3 Å². The first-order valence-electron chi connectivity index (χ1n) is 5.94. The van der Waals surface area contributed by atoms with Gasteiger partial charge in [-0.15, -0.1) is 23.7 Å². The van der Waals surface area contributed by atoms with Crippen molar-refractivity contribution < 1.29 is 13.6 Å². The number of hydrogen-bond acceptors (Lipinski definition) is 3. The van der Waals surface area contributed by atoms with Gasteiger partial charge in [-0.05, 0) is 18.4 Å². The second kappa shape index (κ2) is 6.63. The van der Waals surface area contributed by atoms with Crippen LogP contribution in [-0.4, -0.2) is 35.9 Å². The van der Waals surface area contributed by atoms with E-state index in [0.29, 0.717) is 13.1 Å². The molecule has 19 heavy (non-hydrogen) atoms. The van der Waals surface area contributed by atoms with Crippen LogP contribution < -0.4 is 5.32 Å². The predicted octanol–water partition coefficient (Wildman–Crippen LogP) is 2.52. The molecule has 0 radical (unpaired) electrons. The molecule has 1 saturated heterocycles. The highest BCUT2D eigenvalue weighted by molar-refractivity contribution is 7.09. The molecule has 1 aromatic rings. The minimum Gasteiger partial charge on any atom is -0.336 e. The van der Waals surface area contributed by atoms with E-state index in [0.717, 1.165) is 4.88 Å². The van der Waals surface area contributed by atoms with Gasteiger partial charge in [-0.3, -0.25) is 10.1 Å². The Bertz CT molecular complexity index is 414. The number of amides is 1. The standard InChI is InChI=1S/C12H16F2N2OS.ClH/c1-2-16(7-9-4-3-5-18-9)11(17)10-6-12(13,14)8-15-10;/h3-5,10,15H,2,6-8H2,1H3;1H. The minimum atomic E-state index is -2.76. The fraction of sp³-hybridized carbons (Fsp3) is 0.583. The molecular formula is C12H17ClF2N2OS. The molecule has 2 heterocycles. The molecule has 7 heteroatoms. The van der Waals surface area contributed by atoms with Crippen LogP contribution in [0.1, 0.15) is 18.2 Å². The molecule has 0 aliphatic carbocycles. The molecule has 0 aromatic carbocycles. The maximum Gasteiger partial charge on any atom is 0.262 e. The fourth-order valence-corrected chi connectivity index (χ4v) is 2.77. The molecule has 0 saturated carbocycles. The number of nitrogens with zero attached hydrogens (tertiary/aromatic N) is 1. The minimum absolute atomic E-state index is 0. The summed E-state index contributed by atoms with van der Waals surface area (Å²) in [5.41, 5.74) is 0. The van der Waals surface area contributed by atoms with E-state index >= 15 is 0 Å². The van der Waals surface area contributed by atoms with Crippen LogP contribution in [0, 0.1) is 0 Å². The summed E-state index contributed by atoms with van der Waals surface area (Å²) < 4.78 is 26.1. The first kappa shape index (κ1) is 16.3. The van der Waals surface area contributed by atoms with Crippen molar-refractivity contribution in [3.05, 3.63) is 22.4 Å². The number of carbonyl (C=O) groups is 1. The molecule has 0 spiro atoms. The van der Waals surface area contributed by atoms with Gasteiger partial charge in [-0.25, -0.2) is 8.78 Å². The summed E-state index contributed by atoms with van der Waals surface area (Å²) in [5, 5.41) is 4.54. The predicted molar refractivity (Wildman–Crippen MR) is 74.0 cm³/mol. The van der Waals surface area contributed by atoms with Gasteiger partial charge < -0.3 is 4.90 Å². The zero-order chi connectivity index (χ0) is 13.2. The lowest BCUT2D eigenvalue weighted by molar-refractivity contribution is -0.134. The highest BCUT2D eigenvalue weighted by atomic mass is 35.5. The Morgan fingerprint density at radius 3 is 2.84 bits per heavy atom. The molecule has 1 aliphatic heterocycles. The van der Waals surface area contributed by atoms with Gasteiger partial charge in [0, 0.05) is 17.8 Å². The lowest BCUT2D eigenvalue weighted by Gasteiger charge is -2.23. The van der Waals surface area contributed by atoms with Gasteiger partial charge in [-0.1, -0.05) is 6.07 Å². The molecule has 1 unspecified atom stereocenters. The van der Waals surface area contributed by atoms with Crippen LogP contribution in [0.5, 0.6) is 0 Å². The monoisotopic (exact) mass is 310 g/mol. The van der Waals surface area contributed by atoms with Crippen LogP contribution in [0.3, 0.4) is 0 Å². The smallest absolute Gasteiger partial charge is 0.262 e. The van der Waals surface area contributed by atoms with Crippen molar-refractivity contribution in [3.8, 4) is 0 Å². The topological polar surface area (TPSA) is 32.3 Å². The molecule has 108 valence electrons. The third kappa shape index (κ3) is 4.12. The van der Waals surface area contributed by atoms with Crippen LogP contribution in [0.25, 0.3) is 0 Å². The van der Waals surface area contributed by atoms with Gasteiger partial charge in [0.05, 0.1) is 19.1 Å². The Balaban J connectivity index is 0.00000180. The third-order valence-corrected chi connectivity index (χ3v) is 3.89. The van der Waals surface area contributed by atoms with Crippen molar-refractivity contribution in [2.24, 2.45) is 0 Å². The number of thiophene rings is 1. The SMILES string of the molecule is CCN(Cc1cccs1)C(=O)C1CC(F)(F)CN1.Cl. The second-order valence-corrected chi connectivity index (χ2v) is 5.46. The van der Waals surface area contributed by atoms with Gasteiger partial charge in [0.15, 0.2) is 0 Å². The van der Waals surface area contributed by atoms with Crippen LogP contribution >= 0.6 is 23.7 Å². The Morgan fingerprint density at radius 2 is 2.37 bits per heavy atom. The highest BCUT2D eigenvalue weighted by Crippen LogP contribution is 2.26. The van der Waals surface area contributed by atoms with Gasteiger partial charge in [-0.2, -0.15) is 0 Å². The first-order chi connectivity index (χ1) is 8.52. The molecule has 1 N–H and O–H groups in total. The molecule has 3 nitrogen and oxygen atoms in total. The van der Waals surface area contributed by atoms with Crippen molar-refractivity contribution in [2.75, 3.05) is 13.1 Å². The fourth-order valence-electron chi connectivity index (χ4n) is 2.05. The summed E-state index contributed by atoms with van der Waals surface area (Å²) in [6.45, 7) is 2.48. The number of rotatable bonds is 4. The Labute approximate surface area is 121 Å². The van der Waals surface area contributed by atoms with E-state index in [2.05, 4.69) is 5.32 Å². The van der Waals surface area contributed by atoms with Gasteiger partial charge >= 0.3 is 0 Å². The van der Waals surface area contributed by atoms with E-state index < -0.39 is 24.9 Å². The molecule has 1 fully saturated rings. The van der Waals surface area contributed by atoms with E-state index in [1.807, 2.05) is 24.4 Å². The lowest BCUT2D eigenvalue weighted by Crippen LogP contribution is -2.43. The number of nitrogens with one attached hydrogen (secondary N) is 1. The van der Waals surface area contributed by atoms with Crippen LogP contribution in [0.4, 0.5) is 8.78 Å². The van der Waals surface area contributed by atoms with Crippen LogP contribution in [-0.2, 0) is 11.3 Å². The molecule has 1 atom stereocenters. The third-order valence-electron chi connectivity index (χ3n) is 3.03. The Kier molecular flexibility index (Phi) is 5.70. The van der Waals surface area contributed by atoms with Gasteiger partial charge in [0.25, 0.3) is 5.92 Å². The summed E-state index contributed by atoms with van der Waals surface area (Å²) in [6, 6.07) is 3.11. The number of halogens is 3. The van der Waals surface area contributed by atoms with Crippen LogP contribution in [0.2, 0.25) is 0 Å². The van der Waals surface area contributed by atoms with Crippen molar-refractivity contribution in [1.29, 1.82) is 0 Å². The zero-order valence-electron chi connectivity index (χ0n) is 10.6. The molecule has 1 aromatic heterocycles. The van der Waals surface area contributed by atoms with E-state index in [1.54, 1.807) is 16.2 Å². The maximum atomic E-state index is 13.1. The van der Waals surface area contributed by atoms with Crippen LogP contribution in [0.15, 0.2) is 17.5 Å². The number of likely N-dealkylation sites (N-methyl/N-ethyl adjacent to an activating group) is 1. The normalized spacial score (nSPS) is 20.9. The average molecular weight is 311 g/mol. The molecule has 1 amide bonds. The number of alkyl halides is 2. The summed E-state index contributed by atoms with van der Waals surface area (Å²) in [5.74, 6) is -2.99. The average Bonchev–Trinajstić information content (AvgIpc) is 2.94. The van der Waals surface area contributed by atoms with Gasteiger partial charge in [0.2, 0.25) is 5.91 Å². The zero-order valence-corrected chi connectivity index (χ0v) is 12.2. The summed E-state index contributed by atoms with van der Waals surface area (Å²) in [6.07, 6.45) is -0.396. The first-order valence-corrected chi connectivity index (χ1v) is 6.82. The maximum absolute atomic E-state index is 13.1. The quantitative estimate of drug-likeness (QED) is 0.927. The molecule has 1 aliphatic rings. The summed E-state index contributed by atoms with van der Waals surface area (Å²) in [4.78, 5) is 14.8. The van der Waals surface area contributed by atoms with E-state index in [4.69, 9.17) is 0 Å². The van der Waals surface area contributed by atoms with E-state index in [9.17, 15) is 13.6 Å². The molecular weight excluding hydrogens is 294 g/mol. The number of hydrogen-bond donors (Lipinski definition) is 1. The number of carbonyl (C=O) groups excluding carboxylic acids is 1. The second-order valence-electron chi connectivity index (χ2n) is 4.43. The Hall–Kier alpha value is -0.720. The highest BCUT2D eigenvalue weighted by Gasteiger charge is 2.43. The van der Waals surface area contributed by atoms with Crippen molar-refractivity contribution >= 4 is 29.7 Å². The Morgan fingerprint density at radius 1 is 1.63 bits per heavy atom. The summed E-state index contributed by atoms with van der Waals surface area (Å²) in [7, 11) is 0. The lowest BCUT2D eigenvalue weighted by atomic mass is 10.1. The largest absolute Gasteiger partial charge is 0.336 e. The van der Waals surface area contributed by atoms with Crippen molar-refractivity contribution in [3.63, 3.8) is 0 Å². The molecule has 2 rings (SSSR count). The van der Waals surface area contributed by atoms with Gasteiger partial charge in [0.1, 0.15) is 0 Å². The van der Waals surface area contributed by atoms with Crippen molar-refractivity contribution in [2.45, 2.75) is 31.9 Å². The van der Waals surface area contributed by atoms with Crippen molar-refractivity contribution in [1.82, 2.24) is 10.2 Å². The summed E-state index contributed by atoms with van der Waals surface area (Å²) >= 11 is 1.56. The molecule has 0 bridgehead atoms. The van der Waals surface area contributed by atoms with E-state index in [1.165, 1.54) is 0 Å².